The predicted octanol–water partition coefficient (Wildman–Crippen LogP) is 2.28. The summed E-state index contributed by atoms with van der Waals surface area (Å²) in [7, 11) is 0. The van der Waals surface area contributed by atoms with Crippen molar-refractivity contribution < 1.29 is 9.59 Å². The van der Waals surface area contributed by atoms with E-state index >= 15 is 0 Å². The molecule has 1 aliphatic heterocycles. The second kappa shape index (κ2) is 7.91. The van der Waals surface area contributed by atoms with E-state index in [2.05, 4.69) is 11.6 Å². The van der Waals surface area contributed by atoms with Crippen LogP contribution in [0.4, 0.5) is 0 Å². The summed E-state index contributed by atoms with van der Waals surface area (Å²) in [5.41, 5.74) is -0.242. The smallest absolute Gasteiger partial charge is 0.245 e. The van der Waals surface area contributed by atoms with Crippen LogP contribution in [-0.4, -0.2) is 47.9 Å². The average Bonchev–Trinajstić information content (AvgIpc) is 2.50. The zero-order valence-electron chi connectivity index (χ0n) is 13.2. The third-order valence-corrected chi connectivity index (χ3v) is 4.31. The lowest BCUT2D eigenvalue weighted by atomic mass is 9.86. The third kappa shape index (κ3) is 5.35. The molecule has 1 saturated heterocycles. The van der Waals surface area contributed by atoms with Gasteiger partial charge in [-0.3, -0.25) is 9.59 Å². The highest BCUT2D eigenvalue weighted by Crippen LogP contribution is 2.23. The van der Waals surface area contributed by atoms with E-state index in [-0.39, 0.29) is 17.2 Å². The molecule has 1 fully saturated rings. The van der Waals surface area contributed by atoms with Gasteiger partial charge in [-0.05, 0) is 30.3 Å². The van der Waals surface area contributed by atoms with Crippen molar-refractivity contribution in [1.29, 1.82) is 0 Å². The number of unbranched alkanes of at least 4 members (excludes halogenated alkanes) is 2. The first-order chi connectivity index (χ1) is 9.36. The van der Waals surface area contributed by atoms with Crippen molar-refractivity contribution in [3.63, 3.8) is 0 Å². The van der Waals surface area contributed by atoms with Gasteiger partial charge in [0.05, 0.1) is 0 Å². The summed E-state index contributed by atoms with van der Waals surface area (Å²) in [6.45, 7) is 7.32. The van der Waals surface area contributed by atoms with E-state index in [1.165, 1.54) is 12.2 Å². The third-order valence-electron chi connectivity index (χ3n) is 3.62. The predicted molar refractivity (Wildman–Crippen MR) is 84.8 cm³/mol. The molecule has 0 aromatic rings. The molecule has 0 spiro atoms. The Balaban J connectivity index is 2.56. The van der Waals surface area contributed by atoms with Gasteiger partial charge in [0, 0.05) is 19.5 Å². The molecule has 0 radical (unpaired) electrons. The molecule has 0 bridgehead atoms. The van der Waals surface area contributed by atoms with E-state index in [1.54, 1.807) is 0 Å². The average molecular weight is 300 g/mol. The highest BCUT2D eigenvalue weighted by molar-refractivity contribution is 7.98. The number of nitrogens with zero attached hydrogens (tertiary/aromatic N) is 1. The zero-order chi connectivity index (χ0) is 15.2. The Labute approximate surface area is 127 Å². The monoisotopic (exact) mass is 300 g/mol. The molecule has 0 saturated carbocycles. The van der Waals surface area contributed by atoms with Gasteiger partial charge in [0.2, 0.25) is 11.8 Å². The zero-order valence-corrected chi connectivity index (χ0v) is 14.0. The fraction of sp³-hybridized carbons (Fsp3) is 0.867. The van der Waals surface area contributed by atoms with Crippen molar-refractivity contribution in [2.75, 3.05) is 25.1 Å². The molecule has 5 heteroatoms. The van der Waals surface area contributed by atoms with Gasteiger partial charge in [-0.25, -0.2) is 0 Å². The Bertz CT molecular complexity index is 339. The van der Waals surface area contributed by atoms with Crippen LogP contribution < -0.4 is 5.32 Å². The van der Waals surface area contributed by atoms with Gasteiger partial charge in [-0.2, -0.15) is 11.8 Å². The molecule has 2 amide bonds. The molecule has 0 aromatic carbocycles. The van der Waals surface area contributed by atoms with Crippen molar-refractivity contribution in [3.05, 3.63) is 0 Å². The Morgan fingerprint density at radius 1 is 1.25 bits per heavy atom. The van der Waals surface area contributed by atoms with E-state index in [4.69, 9.17) is 0 Å². The fourth-order valence-corrected chi connectivity index (χ4v) is 2.85. The summed E-state index contributed by atoms with van der Waals surface area (Å²) >= 11 is 1.86. The van der Waals surface area contributed by atoms with Gasteiger partial charge >= 0.3 is 0 Å². The van der Waals surface area contributed by atoms with Crippen molar-refractivity contribution in [3.8, 4) is 0 Å². The van der Waals surface area contributed by atoms with Crippen molar-refractivity contribution in [2.45, 2.75) is 52.5 Å². The van der Waals surface area contributed by atoms with Gasteiger partial charge in [0.15, 0.2) is 0 Å². The summed E-state index contributed by atoms with van der Waals surface area (Å²) in [4.78, 5) is 26.2. The minimum absolute atomic E-state index is 0.0110. The first kappa shape index (κ1) is 17.3. The van der Waals surface area contributed by atoms with Gasteiger partial charge in [-0.1, -0.05) is 27.2 Å². The molecule has 1 N–H and O–H groups in total. The summed E-state index contributed by atoms with van der Waals surface area (Å²) in [5, 5.41) is 2.88. The molecule has 1 rings (SSSR count). The number of nitrogens with one attached hydrogen (secondary N) is 1. The van der Waals surface area contributed by atoms with Crippen LogP contribution in [0.25, 0.3) is 0 Å². The molecular weight excluding hydrogens is 272 g/mol. The molecular formula is C15H28N2O2S. The Morgan fingerprint density at radius 3 is 2.55 bits per heavy atom. The van der Waals surface area contributed by atoms with Crippen LogP contribution >= 0.6 is 11.8 Å². The summed E-state index contributed by atoms with van der Waals surface area (Å²) in [6.07, 6.45) is 5.90. The molecule has 1 heterocycles. The molecule has 1 atom stereocenters. The maximum Gasteiger partial charge on any atom is 0.245 e. The molecule has 1 unspecified atom stereocenters. The summed E-state index contributed by atoms with van der Waals surface area (Å²) < 4.78 is 0. The molecule has 4 nitrogen and oxygen atoms in total. The molecule has 1 aliphatic rings. The van der Waals surface area contributed by atoms with E-state index in [9.17, 15) is 9.59 Å². The largest absolute Gasteiger partial charge is 0.344 e. The number of hydrogen-bond acceptors (Lipinski definition) is 3. The topological polar surface area (TPSA) is 49.4 Å². The van der Waals surface area contributed by atoms with Crippen molar-refractivity contribution in [1.82, 2.24) is 10.2 Å². The second-order valence-corrected chi connectivity index (χ2v) is 7.48. The van der Waals surface area contributed by atoms with E-state index in [1.807, 2.05) is 37.4 Å². The van der Waals surface area contributed by atoms with Crippen LogP contribution in [-0.2, 0) is 9.59 Å². The quantitative estimate of drug-likeness (QED) is 0.766. The molecule has 0 aliphatic carbocycles. The summed E-state index contributed by atoms with van der Waals surface area (Å²) in [6, 6.07) is -0.399. The summed E-state index contributed by atoms with van der Waals surface area (Å²) in [5.74, 6) is 1.25. The SMILES string of the molecule is CSCCCCCN1CCC(=O)NC(C(C)(C)C)C1=O. The Hall–Kier alpha value is -0.710. The highest BCUT2D eigenvalue weighted by atomic mass is 32.2. The number of amides is 2. The van der Waals surface area contributed by atoms with Crippen LogP contribution in [0.2, 0.25) is 0 Å². The van der Waals surface area contributed by atoms with Gasteiger partial charge in [0.25, 0.3) is 0 Å². The molecule has 20 heavy (non-hydrogen) atoms. The highest BCUT2D eigenvalue weighted by Gasteiger charge is 2.37. The first-order valence-electron chi connectivity index (χ1n) is 7.43. The lowest BCUT2D eigenvalue weighted by Gasteiger charge is -2.32. The van der Waals surface area contributed by atoms with Crippen LogP contribution in [0, 0.1) is 5.41 Å². The lowest BCUT2D eigenvalue weighted by molar-refractivity contribution is -0.136. The normalized spacial score (nSPS) is 20.8. The molecule has 116 valence electrons. The van der Waals surface area contributed by atoms with E-state index in [0.717, 1.165) is 19.4 Å². The standard InChI is InChI=1S/C15H28N2O2S/c1-15(2,3)13-14(19)17(10-8-12(18)16-13)9-6-5-7-11-20-4/h13H,5-11H2,1-4H3,(H,16,18). The Morgan fingerprint density at radius 2 is 1.95 bits per heavy atom. The number of carbonyl (C=O) groups excluding carboxylic acids is 2. The van der Waals surface area contributed by atoms with Crippen LogP contribution in [0.1, 0.15) is 46.5 Å². The van der Waals surface area contributed by atoms with Crippen molar-refractivity contribution in [2.24, 2.45) is 5.41 Å². The van der Waals surface area contributed by atoms with Gasteiger partial charge in [-0.15, -0.1) is 0 Å². The van der Waals surface area contributed by atoms with Gasteiger partial charge < -0.3 is 10.2 Å². The number of hydrogen-bond donors (Lipinski definition) is 1. The number of thioether (sulfide) groups is 1. The second-order valence-electron chi connectivity index (χ2n) is 6.50. The number of carbonyl (C=O) groups is 2. The minimum atomic E-state index is -0.399. The van der Waals surface area contributed by atoms with Crippen LogP contribution in [0.3, 0.4) is 0 Å². The maximum absolute atomic E-state index is 12.6. The van der Waals surface area contributed by atoms with E-state index < -0.39 is 6.04 Å². The Kier molecular flexibility index (Phi) is 6.86. The van der Waals surface area contributed by atoms with Crippen LogP contribution in [0.15, 0.2) is 0 Å². The number of rotatable bonds is 6. The minimum Gasteiger partial charge on any atom is -0.344 e. The molecule has 0 aromatic heterocycles. The maximum atomic E-state index is 12.6. The lowest BCUT2D eigenvalue weighted by Crippen LogP contribution is -2.52. The fourth-order valence-electron chi connectivity index (χ4n) is 2.36. The van der Waals surface area contributed by atoms with Crippen LogP contribution in [0.5, 0.6) is 0 Å². The van der Waals surface area contributed by atoms with Gasteiger partial charge in [0.1, 0.15) is 6.04 Å². The first-order valence-corrected chi connectivity index (χ1v) is 8.82. The van der Waals surface area contributed by atoms with Crippen molar-refractivity contribution >= 4 is 23.6 Å². The van der Waals surface area contributed by atoms with E-state index in [0.29, 0.717) is 13.0 Å².